The first-order chi connectivity index (χ1) is 11.6. The molecule has 3 rings (SSSR count). The summed E-state index contributed by atoms with van der Waals surface area (Å²) in [4.78, 5) is 16.9. The van der Waals surface area contributed by atoms with E-state index in [1.54, 1.807) is 17.8 Å². The summed E-state index contributed by atoms with van der Waals surface area (Å²) in [6.45, 7) is 0.0892. The molecule has 0 bridgehead atoms. The lowest BCUT2D eigenvalue weighted by atomic mass is 10.3. The summed E-state index contributed by atoms with van der Waals surface area (Å²) >= 11 is 4.84. The first-order valence-electron chi connectivity index (χ1n) is 7.26. The van der Waals surface area contributed by atoms with Crippen molar-refractivity contribution >= 4 is 50.3 Å². The Morgan fingerprint density at radius 2 is 2.12 bits per heavy atom. The van der Waals surface area contributed by atoms with E-state index in [0.29, 0.717) is 10.2 Å². The first kappa shape index (κ1) is 17.0. The average molecular weight is 408 g/mol. The number of thioether (sulfide) groups is 1. The fourth-order valence-electron chi connectivity index (χ4n) is 2.47. The maximum absolute atomic E-state index is 13.9. The number of rotatable bonds is 5. The zero-order chi connectivity index (χ0) is 17.1. The van der Waals surface area contributed by atoms with Gasteiger partial charge in [-0.1, -0.05) is 28.1 Å². The van der Waals surface area contributed by atoms with Gasteiger partial charge in [0.15, 0.2) is 0 Å². The number of nitrogens with one attached hydrogen (secondary N) is 1. The molecule has 2 aromatic carbocycles. The number of aromatic nitrogens is 2. The van der Waals surface area contributed by atoms with E-state index in [-0.39, 0.29) is 18.1 Å². The zero-order valence-electron chi connectivity index (χ0n) is 12.9. The molecule has 7 heteroatoms. The largest absolute Gasteiger partial charge is 0.322 e. The van der Waals surface area contributed by atoms with Crippen molar-refractivity contribution in [1.29, 1.82) is 0 Å². The Balaban J connectivity index is 1.85. The standard InChI is InChI=1S/C17H15BrFN3OS/c1-24-10-16-20-14-4-2-3-5-15(14)22(16)9-17(23)21-13-7-6-11(18)8-12(13)19/h2-8H,9-10H2,1H3,(H,21,23). The molecule has 1 heterocycles. The van der Waals surface area contributed by atoms with Crippen LogP contribution in [0.2, 0.25) is 0 Å². The van der Waals surface area contributed by atoms with E-state index in [0.717, 1.165) is 16.9 Å². The fraction of sp³-hybridized carbons (Fsp3) is 0.176. The molecule has 0 saturated carbocycles. The quantitative estimate of drug-likeness (QED) is 0.679. The second-order valence-electron chi connectivity index (χ2n) is 5.21. The summed E-state index contributed by atoms with van der Waals surface area (Å²) in [6.07, 6.45) is 1.99. The molecule has 3 aromatic rings. The van der Waals surface area contributed by atoms with Crippen LogP contribution < -0.4 is 5.32 Å². The van der Waals surface area contributed by atoms with Crippen molar-refractivity contribution in [3.05, 3.63) is 58.6 Å². The van der Waals surface area contributed by atoms with Gasteiger partial charge in [0, 0.05) is 4.47 Å². The number of hydrogen-bond donors (Lipinski definition) is 1. The summed E-state index contributed by atoms with van der Waals surface area (Å²) < 4.78 is 16.4. The predicted octanol–water partition coefficient (Wildman–Crippen LogP) is 4.44. The highest BCUT2D eigenvalue weighted by atomic mass is 79.9. The summed E-state index contributed by atoms with van der Waals surface area (Å²) in [5.74, 6) is 0.767. The van der Waals surface area contributed by atoms with Gasteiger partial charge in [0.1, 0.15) is 18.2 Å². The minimum atomic E-state index is -0.474. The summed E-state index contributed by atoms with van der Waals surface area (Å²) in [6, 6.07) is 12.2. The molecule has 1 N–H and O–H groups in total. The number of carbonyl (C=O) groups excluding carboxylic acids is 1. The highest BCUT2D eigenvalue weighted by Crippen LogP contribution is 2.21. The highest BCUT2D eigenvalue weighted by Gasteiger charge is 2.14. The van der Waals surface area contributed by atoms with Gasteiger partial charge < -0.3 is 9.88 Å². The van der Waals surface area contributed by atoms with Crippen LogP contribution in [0.15, 0.2) is 46.9 Å². The third-order valence-corrected chi connectivity index (χ3v) is 4.55. The van der Waals surface area contributed by atoms with Crippen LogP contribution in [0.4, 0.5) is 10.1 Å². The van der Waals surface area contributed by atoms with E-state index in [9.17, 15) is 9.18 Å². The minimum Gasteiger partial charge on any atom is -0.322 e. The lowest BCUT2D eigenvalue weighted by Crippen LogP contribution is -2.20. The molecule has 0 aliphatic heterocycles. The van der Waals surface area contributed by atoms with Gasteiger partial charge in [-0.3, -0.25) is 4.79 Å². The monoisotopic (exact) mass is 407 g/mol. The zero-order valence-corrected chi connectivity index (χ0v) is 15.3. The van der Waals surface area contributed by atoms with Crippen LogP contribution in [-0.4, -0.2) is 21.7 Å². The van der Waals surface area contributed by atoms with Crippen molar-refractivity contribution in [1.82, 2.24) is 9.55 Å². The smallest absolute Gasteiger partial charge is 0.244 e. The van der Waals surface area contributed by atoms with Crippen LogP contribution >= 0.6 is 27.7 Å². The number of carbonyl (C=O) groups is 1. The van der Waals surface area contributed by atoms with Crippen molar-refractivity contribution in [2.45, 2.75) is 12.3 Å². The Morgan fingerprint density at radius 1 is 1.33 bits per heavy atom. The van der Waals surface area contributed by atoms with Crippen molar-refractivity contribution in [2.24, 2.45) is 0 Å². The molecule has 0 spiro atoms. The van der Waals surface area contributed by atoms with Crippen LogP contribution in [0.1, 0.15) is 5.82 Å². The number of hydrogen-bond acceptors (Lipinski definition) is 3. The van der Waals surface area contributed by atoms with Crippen LogP contribution in [0.5, 0.6) is 0 Å². The normalized spacial score (nSPS) is 11.0. The fourth-order valence-corrected chi connectivity index (χ4v) is 3.28. The number of amides is 1. The van der Waals surface area contributed by atoms with Crippen LogP contribution in [0.25, 0.3) is 11.0 Å². The summed E-state index contributed by atoms with van der Waals surface area (Å²) in [5, 5.41) is 2.62. The number of para-hydroxylation sites is 2. The predicted molar refractivity (Wildman–Crippen MR) is 99.7 cm³/mol. The van der Waals surface area contributed by atoms with E-state index in [1.807, 2.05) is 35.1 Å². The molecular weight excluding hydrogens is 393 g/mol. The maximum Gasteiger partial charge on any atom is 0.244 e. The molecule has 0 radical (unpaired) electrons. The minimum absolute atomic E-state index is 0.0892. The van der Waals surface area contributed by atoms with Gasteiger partial charge in [0.2, 0.25) is 5.91 Å². The molecular formula is C17H15BrFN3OS. The topological polar surface area (TPSA) is 46.9 Å². The Morgan fingerprint density at radius 3 is 2.88 bits per heavy atom. The van der Waals surface area contributed by atoms with Crippen molar-refractivity contribution in [3.8, 4) is 0 Å². The molecule has 24 heavy (non-hydrogen) atoms. The number of benzene rings is 2. The van der Waals surface area contributed by atoms with Crippen molar-refractivity contribution < 1.29 is 9.18 Å². The van der Waals surface area contributed by atoms with Gasteiger partial charge in [-0.2, -0.15) is 11.8 Å². The van der Waals surface area contributed by atoms with Gasteiger partial charge in [-0.15, -0.1) is 0 Å². The molecule has 0 aliphatic rings. The van der Waals surface area contributed by atoms with E-state index < -0.39 is 5.82 Å². The Kier molecular flexibility index (Phi) is 5.20. The number of imidazole rings is 1. The molecule has 0 saturated heterocycles. The van der Waals surface area contributed by atoms with Gasteiger partial charge in [-0.05, 0) is 36.6 Å². The molecule has 1 aromatic heterocycles. The van der Waals surface area contributed by atoms with Gasteiger partial charge >= 0.3 is 0 Å². The number of anilines is 1. The summed E-state index contributed by atoms with van der Waals surface area (Å²) in [5.41, 5.74) is 1.91. The Bertz CT molecular complexity index is 897. The third kappa shape index (κ3) is 3.62. The van der Waals surface area contributed by atoms with E-state index in [2.05, 4.69) is 26.2 Å². The van der Waals surface area contributed by atoms with Gasteiger partial charge in [0.25, 0.3) is 0 Å². The number of halogens is 2. The molecule has 0 fully saturated rings. The molecule has 0 atom stereocenters. The lowest BCUT2D eigenvalue weighted by Gasteiger charge is -2.10. The highest BCUT2D eigenvalue weighted by molar-refractivity contribution is 9.10. The van der Waals surface area contributed by atoms with Crippen molar-refractivity contribution in [2.75, 3.05) is 11.6 Å². The van der Waals surface area contributed by atoms with Crippen molar-refractivity contribution in [3.63, 3.8) is 0 Å². The second-order valence-corrected chi connectivity index (χ2v) is 6.99. The van der Waals surface area contributed by atoms with Crippen LogP contribution in [0, 0.1) is 5.82 Å². The molecule has 1 amide bonds. The van der Waals surface area contributed by atoms with E-state index in [1.165, 1.54) is 12.1 Å². The number of nitrogens with zero attached hydrogens (tertiary/aromatic N) is 2. The van der Waals surface area contributed by atoms with E-state index in [4.69, 9.17) is 0 Å². The maximum atomic E-state index is 13.9. The van der Waals surface area contributed by atoms with E-state index >= 15 is 0 Å². The van der Waals surface area contributed by atoms with Gasteiger partial charge in [-0.25, -0.2) is 9.37 Å². The lowest BCUT2D eigenvalue weighted by molar-refractivity contribution is -0.116. The second kappa shape index (κ2) is 7.36. The van der Waals surface area contributed by atoms with Crippen LogP contribution in [0.3, 0.4) is 0 Å². The SMILES string of the molecule is CSCc1nc2ccccc2n1CC(=O)Nc1ccc(Br)cc1F. The molecule has 124 valence electrons. The third-order valence-electron chi connectivity index (χ3n) is 3.51. The molecule has 0 aliphatic carbocycles. The average Bonchev–Trinajstić information content (AvgIpc) is 2.88. The van der Waals surface area contributed by atoms with Gasteiger partial charge in [0.05, 0.1) is 22.5 Å². The first-order valence-corrected chi connectivity index (χ1v) is 9.45. The summed E-state index contributed by atoms with van der Waals surface area (Å²) in [7, 11) is 0. The Hall–Kier alpha value is -1.86. The van der Waals surface area contributed by atoms with Crippen LogP contribution in [-0.2, 0) is 17.1 Å². The Labute approximate surface area is 151 Å². The molecule has 4 nitrogen and oxygen atoms in total. The number of fused-ring (bicyclic) bond motifs is 1. The molecule has 0 unspecified atom stereocenters.